The number of methoxy groups -OCH3 is 1. The van der Waals surface area contributed by atoms with E-state index in [4.69, 9.17) is 4.74 Å². The SMILES string of the molecule is COCCNC(=O)c1ccccc1NC(=O)C1CCCN(S(C)(=O)=O)C1. The van der Waals surface area contributed by atoms with Gasteiger partial charge in [-0.25, -0.2) is 12.7 Å². The molecule has 144 valence electrons. The molecule has 8 nitrogen and oxygen atoms in total. The zero-order valence-electron chi connectivity index (χ0n) is 15.0. The Hall–Kier alpha value is -1.97. The Kier molecular flexibility index (Phi) is 7.13. The molecular formula is C17H25N3O5S. The molecule has 1 unspecified atom stereocenters. The molecule has 9 heteroatoms. The Morgan fingerprint density at radius 3 is 2.73 bits per heavy atom. The number of hydrogen-bond donors (Lipinski definition) is 2. The van der Waals surface area contributed by atoms with Crippen LogP contribution in [-0.2, 0) is 19.6 Å². The highest BCUT2D eigenvalue weighted by atomic mass is 32.2. The number of ether oxygens (including phenoxy) is 1. The Balaban J connectivity index is 2.06. The summed E-state index contributed by atoms with van der Waals surface area (Å²) in [7, 11) is -1.78. The van der Waals surface area contributed by atoms with Crippen molar-refractivity contribution in [3.8, 4) is 0 Å². The molecule has 1 aromatic carbocycles. The van der Waals surface area contributed by atoms with E-state index in [1.165, 1.54) is 4.31 Å². The third-order valence-electron chi connectivity index (χ3n) is 4.25. The van der Waals surface area contributed by atoms with Crippen LogP contribution in [0.4, 0.5) is 5.69 Å². The van der Waals surface area contributed by atoms with Crippen molar-refractivity contribution in [2.45, 2.75) is 12.8 Å². The van der Waals surface area contributed by atoms with Gasteiger partial charge in [-0.1, -0.05) is 12.1 Å². The maximum absolute atomic E-state index is 12.6. The fourth-order valence-electron chi connectivity index (χ4n) is 2.84. The summed E-state index contributed by atoms with van der Waals surface area (Å²) in [6.07, 6.45) is 2.39. The Labute approximate surface area is 153 Å². The number of para-hydroxylation sites is 1. The third-order valence-corrected chi connectivity index (χ3v) is 5.51. The number of nitrogens with one attached hydrogen (secondary N) is 2. The lowest BCUT2D eigenvalue weighted by Gasteiger charge is -2.30. The summed E-state index contributed by atoms with van der Waals surface area (Å²) in [6, 6.07) is 6.72. The van der Waals surface area contributed by atoms with Crippen molar-refractivity contribution in [3.05, 3.63) is 29.8 Å². The molecule has 1 saturated heterocycles. The lowest BCUT2D eigenvalue weighted by atomic mass is 9.98. The van der Waals surface area contributed by atoms with Gasteiger partial charge in [0.1, 0.15) is 0 Å². The standard InChI is InChI=1S/C17H25N3O5S/c1-25-11-9-18-17(22)14-7-3-4-8-15(14)19-16(21)13-6-5-10-20(12-13)26(2,23)24/h3-4,7-8,13H,5-6,9-12H2,1-2H3,(H,18,22)(H,19,21). The first kappa shape index (κ1) is 20.3. The molecule has 0 aliphatic carbocycles. The number of benzene rings is 1. The monoisotopic (exact) mass is 383 g/mol. The lowest BCUT2D eigenvalue weighted by molar-refractivity contribution is -0.120. The third kappa shape index (κ3) is 5.52. The second kappa shape index (κ2) is 9.11. The van der Waals surface area contributed by atoms with Crippen molar-refractivity contribution in [2.75, 3.05) is 44.9 Å². The molecule has 26 heavy (non-hydrogen) atoms. The van der Waals surface area contributed by atoms with E-state index < -0.39 is 15.9 Å². The Morgan fingerprint density at radius 2 is 2.04 bits per heavy atom. The average molecular weight is 383 g/mol. The summed E-state index contributed by atoms with van der Waals surface area (Å²) >= 11 is 0. The predicted molar refractivity (Wildman–Crippen MR) is 98.4 cm³/mol. The van der Waals surface area contributed by atoms with Crippen LogP contribution in [-0.4, -0.2) is 64.1 Å². The average Bonchev–Trinajstić information content (AvgIpc) is 2.61. The Bertz CT molecular complexity index is 751. The smallest absolute Gasteiger partial charge is 0.253 e. The number of piperidine rings is 1. The summed E-state index contributed by atoms with van der Waals surface area (Å²) in [5.74, 6) is -1.03. The molecule has 1 atom stereocenters. The van der Waals surface area contributed by atoms with Gasteiger partial charge in [-0.3, -0.25) is 9.59 Å². The van der Waals surface area contributed by atoms with Crippen LogP contribution in [0.2, 0.25) is 0 Å². The van der Waals surface area contributed by atoms with Crippen LogP contribution in [0.25, 0.3) is 0 Å². The molecule has 0 radical (unpaired) electrons. The van der Waals surface area contributed by atoms with Crippen LogP contribution in [0.3, 0.4) is 0 Å². The number of carbonyl (C=O) groups is 2. The molecule has 1 aliphatic heterocycles. The minimum absolute atomic E-state index is 0.160. The van der Waals surface area contributed by atoms with E-state index in [0.717, 1.165) is 6.26 Å². The van der Waals surface area contributed by atoms with Gasteiger partial charge in [0.2, 0.25) is 15.9 Å². The summed E-state index contributed by atoms with van der Waals surface area (Å²) < 4.78 is 29.6. The Morgan fingerprint density at radius 1 is 1.31 bits per heavy atom. The fraction of sp³-hybridized carbons (Fsp3) is 0.529. The first-order valence-corrected chi connectivity index (χ1v) is 10.3. The molecule has 0 saturated carbocycles. The molecule has 2 rings (SSSR count). The molecule has 1 aromatic rings. The number of hydrogen-bond acceptors (Lipinski definition) is 5. The number of sulfonamides is 1. The largest absolute Gasteiger partial charge is 0.383 e. The van der Waals surface area contributed by atoms with Crippen LogP contribution in [0.5, 0.6) is 0 Å². The molecular weight excluding hydrogens is 358 g/mol. The van der Waals surface area contributed by atoms with Crippen molar-refractivity contribution < 1.29 is 22.7 Å². The van der Waals surface area contributed by atoms with Gasteiger partial charge in [0.25, 0.3) is 5.91 Å². The van der Waals surface area contributed by atoms with Crippen molar-refractivity contribution in [1.82, 2.24) is 9.62 Å². The van der Waals surface area contributed by atoms with Gasteiger partial charge >= 0.3 is 0 Å². The molecule has 2 N–H and O–H groups in total. The maximum atomic E-state index is 12.6. The highest BCUT2D eigenvalue weighted by Gasteiger charge is 2.30. The minimum Gasteiger partial charge on any atom is -0.383 e. The van der Waals surface area contributed by atoms with Gasteiger partial charge in [-0.05, 0) is 25.0 Å². The topological polar surface area (TPSA) is 105 Å². The van der Waals surface area contributed by atoms with Crippen molar-refractivity contribution in [3.63, 3.8) is 0 Å². The predicted octanol–water partition coefficient (Wildman–Crippen LogP) is 0.673. The summed E-state index contributed by atoms with van der Waals surface area (Å²) in [6.45, 7) is 1.35. The van der Waals surface area contributed by atoms with E-state index in [0.29, 0.717) is 43.8 Å². The number of carbonyl (C=O) groups excluding carboxylic acids is 2. The molecule has 0 bridgehead atoms. The fourth-order valence-corrected chi connectivity index (χ4v) is 3.76. The number of amides is 2. The minimum atomic E-state index is -3.32. The number of nitrogens with zero attached hydrogens (tertiary/aromatic N) is 1. The molecule has 0 aromatic heterocycles. The quantitative estimate of drug-likeness (QED) is 0.674. The van der Waals surface area contributed by atoms with Crippen molar-refractivity contribution in [2.24, 2.45) is 5.92 Å². The van der Waals surface area contributed by atoms with Gasteiger partial charge in [0.05, 0.1) is 30.0 Å². The summed E-state index contributed by atoms with van der Waals surface area (Å²) in [5.41, 5.74) is 0.761. The second-order valence-electron chi connectivity index (χ2n) is 6.24. The van der Waals surface area contributed by atoms with E-state index in [9.17, 15) is 18.0 Å². The van der Waals surface area contributed by atoms with E-state index in [2.05, 4.69) is 10.6 Å². The van der Waals surface area contributed by atoms with Crippen molar-refractivity contribution in [1.29, 1.82) is 0 Å². The zero-order valence-corrected chi connectivity index (χ0v) is 15.8. The number of anilines is 1. The number of rotatable bonds is 7. The van der Waals surface area contributed by atoms with Gasteiger partial charge in [0, 0.05) is 26.7 Å². The van der Waals surface area contributed by atoms with Crippen molar-refractivity contribution >= 4 is 27.5 Å². The van der Waals surface area contributed by atoms with Crippen LogP contribution in [0.1, 0.15) is 23.2 Å². The van der Waals surface area contributed by atoms with E-state index in [-0.39, 0.29) is 18.4 Å². The molecule has 1 heterocycles. The van der Waals surface area contributed by atoms with Gasteiger partial charge in [-0.15, -0.1) is 0 Å². The highest BCUT2D eigenvalue weighted by Crippen LogP contribution is 2.22. The van der Waals surface area contributed by atoms with Gasteiger partial charge in [-0.2, -0.15) is 0 Å². The maximum Gasteiger partial charge on any atom is 0.253 e. The molecule has 1 aliphatic rings. The van der Waals surface area contributed by atoms with Crippen LogP contribution >= 0.6 is 0 Å². The van der Waals surface area contributed by atoms with Crippen LogP contribution in [0, 0.1) is 5.92 Å². The lowest BCUT2D eigenvalue weighted by Crippen LogP contribution is -2.43. The highest BCUT2D eigenvalue weighted by molar-refractivity contribution is 7.88. The second-order valence-corrected chi connectivity index (χ2v) is 8.23. The van der Waals surface area contributed by atoms with Crippen LogP contribution in [0.15, 0.2) is 24.3 Å². The first-order valence-electron chi connectivity index (χ1n) is 8.45. The molecule has 0 spiro atoms. The molecule has 2 amide bonds. The zero-order chi connectivity index (χ0) is 19.2. The van der Waals surface area contributed by atoms with Gasteiger partial charge in [0.15, 0.2) is 0 Å². The van der Waals surface area contributed by atoms with E-state index >= 15 is 0 Å². The summed E-state index contributed by atoms with van der Waals surface area (Å²) in [5, 5.41) is 5.49. The van der Waals surface area contributed by atoms with E-state index in [1.807, 2.05) is 0 Å². The van der Waals surface area contributed by atoms with Gasteiger partial charge < -0.3 is 15.4 Å². The van der Waals surface area contributed by atoms with E-state index in [1.54, 1.807) is 31.4 Å². The van der Waals surface area contributed by atoms with Crippen LogP contribution < -0.4 is 10.6 Å². The normalized spacial score (nSPS) is 18.3. The first-order chi connectivity index (χ1) is 12.3. The molecule has 1 fully saturated rings. The summed E-state index contributed by atoms with van der Waals surface area (Å²) in [4.78, 5) is 24.9.